The summed E-state index contributed by atoms with van der Waals surface area (Å²) in [5.41, 5.74) is 1.71. The van der Waals surface area contributed by atoms with Crippen molar-refractivity contribution in [2.45, 2.75) is 13.8 Å². The Morgan fingerprint density at radius 3 is 2.94 bits per heavy atom. The van der Waals surface area contributed by atoms with Gasteiger partial charge in [0.25, 0.3) is 0 Å². The van der Waals surface area contributed by atoms with E-state index in [2.05, 4.69) is 21.7 Å². The Balaban J connectivity index is 2.62. The van der Waals surface area contributed by atoms with Crippen LogP contribution in [-0.4, -0.2) is 16.7 Å². The fourth-order valence-electron chi connectivity index (χ4n) is 1.53. The molecule has 0 aliphatic carbocycles. The predicted molar refractivity (Wildman–Crippen MR) is 79.5 cm³/mol. The SMILES string of the molecule is C=N/C(=C\C=C/C)c1nc(Cl)c2c(C)csc2n1. The number of hydrogen-bond acceptors (Lipinski definition) is 4. The minimum atomic E-state index is 0.462. The van der Waals surface area contributed by atoms with Crippen molar-refractivity contribution in [3.8, 4) is 0 Å². The number of aryl methyl sites for hydroxylation is 1. The normalized spacial score (nSPS) is 12.5. The molecule has 0 radical (unpaired) electrons. The van der Waals surface area contributed by atoms with Gasteiger partial charge in [-0.25, -0.2) is 9.97 Å². The molecule has 5 heteroatoms. The summed E-state index contributed by atoms with van der Waals surface area (Å²) in [6.07, 6.45) is 5.58. The summed E-state index contributed by atoms with van der Waals surface area (Å²) >= 11 is 7.74. The van der Waals surface area contributed by atoms with E-state index in [1.807, 2.05) is 37.5 Å². The Kier molecular flexibility index (Phi) is 3.89. The molecule has 0 saturated heterocycles. The van der Waals surface area contributed by atoms with Gasteiger partial charge in [-0.15, -0.1) is 11.3 Å². The third-order valence-electron chi connectivity index (χ3n) is 2.42. The number of hydrogen-bond donors (Lipinski definition) is 0. The summed E-state index contributed by atoms with van der Waals surface area (Å²) in [5.74, 6) is 0.502. The largest absolute Gasteiger partial charge is 0.261 e. The van der Waals surface area contributed by atoms with Gasteiger partial charge in [-0.1, -0.05) is 23.8 Å². The minimum Gasteiger partial charge on any atom is -0.261 e. The number of thiophene rings is 1. The smallest absolute Gasteiger partial charge is 0.180 e. The van der Waals surface area contributed by atoms with Crippen molar-refractivity contribution in [3.63, 3.8) is 0 Å². The number of fused-ring (bicyclic) bond motifs is 1. The molecule has 0 unspecified atom stereocenters. The lowest BCUT2D eigenvalue weighted by Crippen LogP contribution is -1.93. The van der Waals surface area contributed by atoms with Gasteiger partial charge < -0.3 is 0 Å². The van der Waals surface area contributed by atoms with Crippen molar-refractivity contribution in [1.29, 1.82) is 0 Å². The molecule has 0 spiro atoms. The van der Waals surface area contributed by atoms with E-state index in [0.717, 1.165) is 15.8 Å². The van der Waals surface area contributed by atoms with Crippen LogP contribution in [0.5, 0.6) is 0 Å². The van der Waals surface area contributed by atoms with Crippen LogP contribution in [0.3, 0.4) is 0 Å². The first-order valence-electron chi connectivity index (χ1n) is 5.38. The maximum atomic E-state index is 6.19. The van der Waals surface area contributed by atoms with Gasteiger partial charge in [0.15, 0.2) is 5.82 Å². The van der Waals surface area contributed by atoms with E-state index >= 15 is 0 Å². The van der Waals surface area contributed by atoms with Gasteiger partial charge in [0.1, 0.15) is 15.7 Å². The maximum absolute atomic E-state index is 6.19. The van der Waals surface area contributed by atoms with E-state index in [0.29, 0.717) is 16.7 Å². The summed E-state index contributed by atoms with van der Waals surface area (Å²) in [7, 11) is 0. The molecule has 2 aromatic heterocycles. The van der Waals surface area contributed by atoms with Gasteiger partial charge >= 0.3 is 0 Å². The molecule has 0 amide bonds. The highest BCUT2D eigenvalue weighted by molar-refractivity contribution is 7.17. The second-order valence-electron chi connectivity index (χ2n) is 3.67. The lowest BCUT2D eigenvalue weighted by atomic mass is 10.2. The quantitative estimate of drug-likeness (QED) is 0.477. The van der Waals surface area contributed by atoms with Crippen LogP contribution in [0.2, 0.25) is 5.15 Å². The average molecular weight is 278 g/mol. The standard InChI is InChI=1S/C13H12ClN3S/c1-4-5-6-9(15-3)12-16-11(14)10-8(2)7-18-13(10)17-12/h4-7H,3H2,1-2H3/b5-4-,9-6-. The fraction of sp³-hybridized carbons (Fsp3) is 0.154. The molecule has 0 N–H and O–H groups in total. The van der Waals surface area contributed by atoms with Crippen molar-refractivity contribution in [2.75, 3.05) is 0 Å². The minimum absolute atomic E-state index is 0.462. The molecule has 2 rings (SSSR count). The van der Waals surface area contributed by atoms with Gasteiger partial charge in [-0.3, -0.25) is 4.99 Å². The zero-order valence-electron chi connectivity index (χ0n) is 10.1. The second-order valence-corrected chi connectivity index (χ2v) is 4.89. The monoisotopic (exact) mass is 277 g/mol. The molecule has 0 aromatic carbocycles. The lowest BCUT2D eigenvalue weighted by molar-refractivity contribution is 1.16. The predicted octanol–water partition coefficient (Wildman–Crippen LogP) is 4.27. The fourth-order valence-corrected chi connectivity index (χ4v) is 2.83. The summed E-state index contributed by atoms with van der Waals surface area (Å²) in [4.78, 5) is 13.6. The summed E-state index contributed by atoms with van der Waals surface area (Å²) in [5, 5.41) is 3.40. The van der Waals surface area contributed by atoms with E-state index < -0.39 is 0 Å². The van der Waals surface area contributed by atoms with Crippen molar-refractivity contribution in [3.05, 3.63) is 40.1 Å². The first-order chi connectivity index (χ1) is 8.67. The number of aliphatic imine (C=N–C) groups is 1. The summed E-state index contributed by atoms with van der Waals surface area (Å²) in [6.45, 7) is 7.46. The van der Waals surface area contributed by atoms with Gasteiger partial charge in [0.05, 0.1) is 5.39 Å². The van der Waals surface area contributed by atoms with Crippen LogP contribution >= 0.6 is 22.9 Å². The molecular formula is C13H12ClN3S. The highest BCUT2D eigenvalue weighted by atomic mass is 35.5. The highest BCUT2D eigenvalue weighted by Gasteiger charge is 2.12. The van der Waals surface area contributed by atoms with E-state index in [4.69, 9.17) is 11.6 Å². The molecule has 0 bridgehead atoms. The number of halogens is 1. The van der Waals surface area contributed by atoms with Crippen molar-refractivity contribution in [1.82, 2.24) is 9.97 Å². The molecule has 2 heterocycles. The average Bonchev–Trinajstić information content (AvgIpc) is 2.72. The number of rotatable bonds is 3. The van der Waals surface area contributed by atoms with E-state index in [1.165, 1.54) is 0 Å². The first kappa shape index (κ1) is 12.9. The molecule has 18 heavy (non-hydrogen) atoms. The molecule has 0 atom stereocenters. The number of allylic oxidation sites excluding steroid dienone is 3. The van der Waals surface area contributed by atoms with Crippen LogP contribution in [0.25, 0.3) is 15.9 Å². The van der Waals surface area contributed by atoms with Gasteiger partial charge in [-0.05, 0) is 37.6 Å². The van der Waals surface area contributed by atoms with Crippen LogP contribution in [-0.2, 0) is 0 Å². The van der Waals surface area contributed by atoms with Crippen LogP contribution < -0.4 is 0 Å². The van der Waals surface area contributed by atoms with Crippen molar-refractivity contribution in [2.24, 2.45) is 4.99 Å². The molecular weight excluding hydrogens is 266 g/mol. The van der Waals surface area contributed by atoms with Gasteiger partial charge in [0, 0.05) is 0 Å². The van der Waals surface area contributed by atoms with Crippen molar-refractivity contribution < 1.29 is 0 Å². The number of aromatic nitrogens is 2. The molecule has 3 nitrogen and oxygen atoms in total. The topological polar surface area (TPSA) is 38.1 Å². The zero-order chi connectivity index (χ0) is 13.1. The second kappa shape index (κ2) is 5.42. The van der Waals surface area contributed by atoms with E-state index in [-0.39, 0.29) is 0 Å². The third-order valence-corrected chi connectivity index (χ3v) is 3.68. The molecule has 0 aliphatic rings. The zero-order valence-corrected chi connectivity index (χ0v) is 11.7. The molecule has 0 fully saturated rings. The summed E-state index contributed by atoms with van der Waals surface area (Å²) < 4.78 is 0. The van der Waals surface area contributed by atoms with E-state index in [1.54, 1.807) is 11.3 Å². The Labute approximate surface area is 115 Å². The Morgan fingerprint density at radius 2 is 2.28 bits per heavy atom. The highest BCUT2D eigenvalue weighted by Crippen LogP contribution is 2.30. The lowest BCUT2D eigenvalue weighted by Gasteiger charge is -2.01. The Morgan fingerprint density at radius 1 is 1.50 bits per heavy atom. The Bertz CT molecular complexity index is 656. The van der Waals surface area contributed by atoms with Crippen LogP contribution in [0.1, 0.15) is 18.3 Å². The summed E-state index contributed by atoms with van der Waals surface area (Å²) in [6, 6.07) is 0. The van der Waals surface area contributed by atoms with Crippen LogP contribution in [0.4, 0.5) is 0 Å². The molecule has 0 aliphatic heterocycles. The van der Waals surface area contributed by atoms with Crippen LogP contribution in [0.15, 0.2) is 28.6 Å². The molecule has 92 valence electrons. The Hall–Kier alpha value is -1.52. The van der Waals surface area contributed by atoms with Crippen LogP contribution in [0, 0.1) is 6.92 Å². The molecule has 2 aromatic rings. The molecule has 0 saturated carbocycles. The first-order valence-corrected chi connectivity index (χ1v) is 6.64. The van der Waals surface area contributed by atoms with E-state index in [9.17, 15) is 0 Å². The maximum Gasteiger partial charge on any atom is 0.180 e. The number of nitrogens with zero attached hydrogens (tertiary/aromatic N) is 3. The third kappa shape index (κ3) is 2.35. The van der Waals surface area contributed by atoms with Gasteiger partial charge in [0.2, 0.25) is 0 Å². The van der Waals surface area contributed by atoms with Crippen molar-refractivity contribution >= 4 is 45.6 Å². The van der Waals surface area contributed by atoms with Gasteiger partial charge in [-0.2, -0.15) is 0 Å².